The molecule has 0 bridgehead atoms. The Labute approximate surface area is 112 Å². The third kappa shape index (κ3) is 2.28. The van der Waals surface area contributed by atoms with Crippen molar-refractivity contribution < 1.29 is 17.9 Å². The average Bonchev–Trinajstić information content (AvgIpc) is 2.95. The average molecular weight is 284 g/mol. The van der Waals surface area contributed by atoms with E-state index in [1.807, 2.05) is 0 Å². The third-order valence-electron chi connectivity index (χ3n) is 2.99. The van der Waals surface area contributed by atoms with Crippen molar-refractivity contribution in [1.29, 1.82) is 0 Å². The predicted molar refractivity (Wildman–Crippen MR) is 64.3 cm³/mol. The van der Waals surface area contributed by atoms with Crippen molar-refractivity contribution in [3.8, 4) is 5.88 Å². The van der Waals surface area contributed by atoms with E-state index in [9.17, 15) is 13.2 Å². The van der Waals surface area contributed by atoms with E-state index in [0.717, 1.165) is 11.8 Å². The summed E-state index contributed by atoms with van der Waals surface area (Å²) in [6.07, 6.45) is -1.06. The number of hydrogen-bond donors (Lipinski definition) is 1. The minimum atomic E-state index is -4.47. The minimum absolute atomic E-state index is 0.0289. The molecule has 0 aliphatic carbocycles. The Balaban J connectivity index is 1.84. The number of fused-ring (bicyclic) bond motifs is 1. The fourth-order valence-corrected chi connectivity index (χ4v) is 2.06. The molecule has 20 heavy (non-hydrogen) atoms. The van der Waals surface area contributed by atoms with Crippen molar-refractivity contribution in [2.24, 2.45) is 7.05 Å². The van der Waals surface area contributed by atoms with Gasteiger partial charge in [0.2, 0.25) is 5.88 Å². The van der Waals surface area contributed by atoms with Crippen LogP contribution in [0.5, 0.6) is 5.88 Å². The second-order valence-corrected chi connectivity index (χ2v) is 4.50. The third-order valence-corrected chi connectivity index (χ3v) is 2.99. The smallest absolute Gasteiger partial charge is 0.433 e. The number of anilines is 1. The van der Waals surface area contributed by atoms with Gasteiger partial charge in [-0.3, -0.25) is 4.68 Å². The fourth-order valence-electron chi connectivity index (χ4n) is 2.06. The summed E-state index contributed by atoms with van der Waals surface area (Å²) in [7, 11) is 1.78. The van der Waals surface area contributed by atoms with Gasteiger partial charge in [-0.05, 0) is 12.1 Å². The first kappa shape index (κ1) is 12.8. The van der Waals surface area contributed by atoms with E-state index in [-0.39, 0.29) is 18.5 Å². The Morgan fingerprint density at radius 3 is 2.85 bits per heavy atom. The number of aromatic nitrogens is 3. The molecule has 1 aliphatic rings. The Bertz CT molecular complexity index is 638. The molecule has 3 heterocycles. The SMILES string of the molecule is Cn1cc(N[C@@H]2COc3nc(C(F)(F)F)ccc32)cn1. The summed E-state index contributed by atoms with van der Waals surface area (Å²) in [6.45, 7) is 0.235. The van der Waals surface area contributed by atoms with E-state index in [4.69, 9.17) is 4.74 Å². The van der Waals surface area contributed by atoms with Crippen LogP contribution in [0.25, 0.3) is 0 Å². The van der Waals surface area contributed by atoms with Crippen molar-refractivity contribution in [2.45, 2.75) is 12.2 Å². The number of halogens is 3. The van der Waals surface area contributed by atoms with Crippen LogP contribution in [0.1, 0.15) is 17.3 Å². The highest BCUT2D eigenvalue weighted by molar-refractivity contribution is 5.46. The van der Waals surface area contributed by atoms with Crippen molar-refractivity contribution in [3.05, 3.63) is 35.8 Å². The van der Waals surface area contributed by atoms with Crippen LogP contribution in [0.3, 0.4) is 0 Å². The molecule has 0 unspecified atom stereocenters. The first-order chi connectivity index (χ1) is 9.43. The quantitative estimate of drug-likeness (QED) is 0.920. The van der Waals surface area contributed by atoms with Crippen LogP contribution in [-0.4, -0.2) is 21.4 Å². The molecule has 8 heteroatoms. The summed E-state index contributed by atoms with van der Waals surface area (Å²) in [4.78, 5) is 3.51. The van der Waals surface area contributed by atoms with Crippen LogP contribution < -0.4 is 10.1 Å². The standard InChI is InChI=1S/C12H11F3N4O/c1-19-5-7(4-16-19)17-9-6-20-11-8(9)2-3-10(18-11)12(13,14)15/h2-5,9,17H,6H2,1H3/t9-/m1/s1. The maximum Gasteiger partial charge on any atom is 0.433 e. The maximum absolute atomic E-state index is 12.6. The Morgan fingerprint density at radius 1 is 1.40 bits per heavy atom. The monoisotopic (exact) mass is 284 g/mol. The number of aryl methyl sites for hydroxylation is 1. The van der Waals surface area contributed by atoms with Crippen LogP contribution in [0.2, 0.25) is 0 Å². The van der Waals surface area contributed by atoms with Gasteiger partial charge in [-0.25, -0.2) is 4.98 Å². The van der Waals surface area contributed by atoms with Crippen LogP contribution in [0.4, 0.5) is 18.9 Å². The summed E-state index contributed by atoms with van der Waals surface area (Å²) < 4.78 is 44.5. The van der Waals surface area contributed by atoms with Gasteiger partial charge in [0.05, 0.1) is 17.9 Å². The zero-order valence-corrected chi connectivity index (χ0v) is 10.5. The molecule has 2 aromatic heterocycles. The number of hydrogen-bond acceptors (Lipinski definition) is 4. The molecule has 1 aliphatic heterocycles. The molecule has 0 radical (unpaired) electrons. The van der Waals surface area contributed by atoms with Crippen molar-refractivity contribution in [1.82, 2.24) is 14.8 Å². The number of alkyl halides is 3. The molecule has 106 valence electrons. The van der Waals surface area contributed by atoms with Crippen molar-refractivity contribution >= 4 is 5.69 Å². The lowest BCUT2D eigenvalue weighted by atomic mass is 10.1. The largest absolute Gasteiger partial charge is 0.475 e. The van der Waals surface area contributed by atoms with E-state index in [1.54, 1.807) is 24.1 Å². The highest BCUT2D eigenvalue weighted by Crippen LogP contribution is 2.36. The molecule has 0 saturated heterocycles. The van der Waals surface area contributed by atoms with Gasteiger partial charge in [0, 0.05) is 18.8 Å². The Morgan fingerprint density at radius 2 is 2.20 bits per heavy atom. The van der Waals surface area contributed by atoms with Gasteiger partial charge in [-0.1, -0.05) is 0 Å². The molecule has 2 aromatic rings. The summed E-state index contributed by atoms with van der Waals surface area (Å²) in [5.74, 6) is 0.0289. The maximum atomic E-state index is 12.6. The molecule has 0 fully saturated rings. The zero-order valence-electron chi connectivity index (χ0n) is 10.5. The molecule has 0 amide bonds. The lowest BCUT2D eigenvalue weighted by molar-refractivity contribution is -0.141. The van der Waals surface area contributed by atoms with Crippen LogP contribution in [0, 0.1) is 0 Å². The topological polar surface area (TPSA) is 52.0 Å². The second kappa shape index (κ2) is 4.39. The lowest BCUT2D eigenvalue weighted by Crippen LogP contribution is -2.11. The van der Waals surface area contributed by atoms with Crippen molar-refractivity contribution in [3.63, 3.8) is 0 Å². The molecule has 1 N–H and O–H groups in total. The second-order valence-electron chi connectivity index (χ2n) is 4.50. The fraction of sp³-hybridized carbons (Fsp3) is 0.333. The minimum Gasteiger partial charge on any atom is -0.475 e. The molecule has 1 atom stereocenters. The van der Waals surface area contributed by atoms with Crippen molar-refractivity contribution in [2.75, 3.05) is 11.9 Å². The van der Waals surface area contributed by atoms with Gasteiger partial charge in [0.1, 0.15) is 12.3 Å². The van der Waals surface area contributed by atoms with Crippen LogP contribution in [-0.2, 0) is 13.2 Å². The number of nitrogens with one attached hydrogen (secondary N) is 1. The van der Waals surface area contributed by atoms with Gasteiger partial charge in [0.25, 0.3) is 0 Å². The number of ether oxygens (including phenoxy) is 1. The van der Waals surface area contributed by atoms with Gasteiger partial charge in [-0.2, -0.15) is 18.3 Å². The Kier molecular flexibility index (Phi) is 2.81. The molecule has 0 spiro atoms. The predicted octanol–water partition coefficient (Wildman–Crippen LogP) is 2.38. The normalized spacial score (nSPS) is 17.7. The van der Waals surface area contributed by atoms with E-state index < -0.39 is 11.9 Å². The zero-order chi connectivity index (χ0) is 14.3. The van der Waals surface area contributed by atoms with E-state index in [1.165, 1.54) is 6.07 Å². The van der Waals surface area contributed by atoms with Gasteiger partial charge in [-0.15, -0.1) is 0 Å². The summed E-state index contributed by atoms with van der Waals surface area (Å²) in [6, 6.07) is 2.13. The molecule has 3 rings (SSSR count). The first-order valence-electron chi connectivity index (χ1n) is 5.89. The van der Waals surface area contributed by atoms with E-state index in [0.29, 0.717) is 5.56 Å². The summed E-state index contributed by atoms with van der Waals surface area (Å²) in [5.41, 5.74) is 0.439. The summed E-state index contributed by atoms with van der Waals surface area (Å²) >= 11 is 0. The van der Waals surface area contributed by atoms with Gasteiger partial charge >= 0.3 is 6.18 Å². The van der Waals surface area contributed by atoms with Gasteiger partial charge in [0.15, 0.2) is 0 Å². The number of nitrogens with zero attached hydrogens (tertiary/aromatic N) is 3. The van der Waals surface area contributed by atoms with Gasteiger partial charge < -0.3 is 10.1 Å². The number of pyridine rings is 1. The molecule has 5 nitrogen and oxygen atoms in total. The van der Waals surface area contributed by atoms with E-state index in [2.05, 4.69) is 15.4 Å². The number of rotatable bonds is 2. The lowest BCUT2D eigenvalue weighted by Gasteiger charge is -2.11. The summed E-state index contributed by atoms with van der Waals surface area (Å²) in [5, 5.41) is 7.16. The molecule has 0 saturated carbocycles. The Hall–Kier alpha value is -2.25. The van der Waals surface area contributed by atoms with Crippen LogP contribution >= 0.6 is 0 Å². The molecular weight excluding hydrogens is 273 g/mol. The highest BCUT2D eigenvalue weighted by Gasteiger charge is 2.35. The molecular formula is C12H11F3N4O. The first-order valence-corrected chi connectivity index (χ1v) is 5.89. The highest BCUT2D eigenvalue weighted by atomic mass is 19.4. The van der Waals surface area contributed by atoms with E-state index >= 15 is 0 Å². The molecule has 0 aromatic carbocycles. The van der Waals surface area contributed by atoms with Crippen LogP contribution in [0.15, 0.2) is 24.5 Å².